The minimum atomic E-state index is 0. The van der Waals surface area contributed by atoms with Crippen molar-refractivity contribution in [1.29, 1.82) is 0 Å². The van der Waals surface area contributed by atoms with E-state index in [4.69, 9.17) is 5.73 Å². The number of anilines is 1. The molecule has 0 bridgehead atoms. The molecule has 1 aliphatic heterocycles. The van der Waals surface area contributed by atoms with Gasteiger partial charge in [0.05, 0.1) is 0 Å². The highest BCUT2D eigenvalue weighted by atomic mass is 35.5. The molecule has 10 heteroatoms. The van der Waals surface area contributed by atoms with Gasteiger partial charge in [-0.2, -0.15) is 0 Å². The zero-order valence-corrected chi connectivity index (χ0v) is 17.6. The van der Waals surface area contributed by atoms with E-state index in [0.717, 1.165) is 32.4 Å². The fourth-order valence-corrected chi connectivity index (χ4v) is 3.71. The molecule has 2 fully saturated rings. The number of hydrogen-bond acceptors (Lipinski definition) is 6. The third-order valence-corrected chi connectivity index (χ3v) is 5.29. The monoisotopic (exact) mass is 432 g/mol. The number of nitrogens with zero attached hydrogens (tertiary/aromatic N) is 4. The number of aromatic nitrogens is 2. The van der Waals surface area contributed by atoms with Crippen LogP contribution in [0.2, 0.25) is 0 Å². The molecule has 1 aliphatic carbocycles. The van der Waals surface area contributed by atoms with Crippen LogP contribution in [0.5, 0.6) is 0 Å². The van der Waals surface area contributed by atoms with E-state index in [-0.39, 0.29) is 42.7 Å². The highest BCUT2D eigenvalue weighted by molar-refractivity contribution is 5.85. The summed E-state index contributed by atoms with van der Waals surface area (Å²) >= 11 is 0. The van der Waals surface area contributed by atoms with Crippen LogP contribution in [0.15, 0.2) is 18.5 Å². The number of carbonyl (C=O) groups excluding carboxylic acids is 2. The molecule has 2 atom stereocenters. The Hall–Kier alpha value is -1.64. The zero-order valence-electron chi connectivity index (χ0n) is 16.0. The number of piperazine rings is 1. The first-order valence-corrected chi connectivity index (χ1v) is 9.45. The van der Waals surface area contributed by atoms with Crippen molar-refractivity contribution >= 4 is 42.6 Å². The van der Waals surface area contributed by atoms with Crippen molar-refractivity contribution in [2.24, 2.45) is 11.7 Å². The largest absolute Gasteiger partial charge is 0.356 e. The predicted octanol–water partition coefficient (Wildman–Crippen LogP) is 0.993. The first kappa shape index (κ1) is 24.4. The van der Waals surface area contributed by atoms with Gasteiger partial charge in [0.2, 0.25) is 17.8 Å². The molecule has 1 saturated carbocycles. The summed E-state index contributed by atoms with van der Waals surface area (Å²) in [6.45, 7) is 3.15. The Labute approximate surface area is 178 Å². The van der Waals surface area contributed by atoms with Crippen LogP contribution in [-0.4, -0.2) is 65.4 Å². The molecule has 158 valence electrons. The number of hydrogen-bond donors (Lipinski definition) is 2. The summed E-state index contributed by atoms with van der Waals surface area (Å²) in [6, 6.07) is 1.94. The standard InChI is InChI=1S/C18H28N6O2.2ClH/c19-15-4-1-3-14(15)13-16(25)20-8-5-17(26)23-9-11-24(12-10-23)18-21-6-2-7-22-18;;/h2,6-7,14-15H,1,3-5,8-13,19H2,(H,20,25);2*1H/t14-,15+;;/m0../s1. The summed E-state index contributed by atoms with van der Waals surface area (Å²) in [7, 11) is 0. The summed E-state index contributed by atoms with van der Waals surface area (Å²) in [6.07, 6.45) is 7.41. The Morgan fingerprint density at radius 2 is 1.79 bits per heavy atom. The van der Waals surface area contributed by atoms with E-state index in [0.29, 0.717) is 44.3 Å². The second-order valence-corrected chi connectivity index (χ2v) is 7.08. The average Bonchev–Trinajstić information content (AvgIpc) is 3.07. The van der Waals surface area contributed by atoms with Crippen LogP contribution in [0.25, 0.3) is 0 Å². The maximum atomic E-state index is 12.3. The van der Waals surface area contributed by atoms with Gasteiger partial charge in [-0.15, -0.1) is 24.8 Å². The zero-order chi connectivity index (χ0) is 18.4. The van der Waals surface area contributed by atoms with Gasteiger partial charge in [-0.25, -0.2) is 9.97 Å². The fourth-order valence-electron chi connectivity index (χ4n) is 3.71. The maximum absolute atomic E-state index is 12.3. The second kappa shape index (κ2) is 12.0. The maximum Gasteiger partial charge on any atom is 0.225 e. The Kier molecular flexibility index (Phi) is 10.5. The van der Waals surface area contributed by atoms with Gasteiger partial charge in [0, 0.05) is 64.0 Å². The lowest BCUT2D eigenvalue weighted by Crippen LogP contribution is -2.49. The van der Waals surface area contributed by atoms with E-state index in [1.165, 1.54) is 0 Å². The van der Waals surface area contributed by atoms with E-state index in [9.17, 15) is 9.59 Å². The van der Waals surface area contributed by atoms with Gasteiger partial charge >= 0.3 is 0 Å². The van der Waals surface area contributed by atoms with Crippen LogP contribution in [0.3, 0.4) is 0 Å². The number of amides is 2. The first-order chi connectivity index (χ1) is 12.6. The summed E-state index contributed by atoms with van der Waals surface area (Å²) in [5.74, 6) is 1.08. The summed E-state index contributed by atoms with van der Waals surface area (Å²) in [5, 5.41) is 2.86. The topological polar surface area (TPSA) is 104 Å². The van der Waals surface area contributed by atoms with Crippen LogP contribution in [0.1, 0.15) is 32.1 Å². The van der Waals surface area contributed by atoms with Gasteiger partial charge in [-0.3, -0.25) is 9.59 Å². The van der Waals surface area contributed by atoms with E-state index >= 15 is 0 Å². The van der Waals surface area contributed by atoms with E-state index < -0.39 is 0 Å². The van der Waals surface area contributed by atoms with Gasteiger partial charge in [0.1, 0.15) is 0 Å². The minimum Gasteiger partial charge on any atom is -0.356 e. The summed E-state index contributed by atoms with van der Waals surface area (Å²) < 4.78 is 0. The molecule has 2 aliphatic rings. The molecular weight excluding hydrogens is 403 g/mol. The van der Waals surface area contributed by atoms with Crippen LogP contribution in [0, 0.1) is 5.92 Å². The van der Waals surface area contributed by atoms with Crippen molar-refractivity contribution < 1.29 is 9.59 Å². The van der Waals surface area contributed by atoms with Crippen molar-refractivity contribution in [2.75, 3.05) is 37.6 Å². The predicted molar refractivity (Wildman–Crippen MR) is 113 cm³/mol. The molecule has 1 saturated heterocycles. The number of nitrogens with one attached hydrogen (secondary N) is 1. The normalized spacial score (nSPS) is 21.5. The Bertz CT molecular complexity index is 613. The molecule has 0 unspecified atom stereocenters. The number of rotatable bonds is 6. The highest BCUT2D eigenvalue weighted by Crippen LogP contribution is 2.26. The second-order valence-electron chi connectivity index (χ2n) is 7.08. The third kappa shape index (κ3) is 6.76. The van der Waals surface area contributed by atoms with E-state index in [2.05, 4.69) is 20.2 Å². The van der Waals surface area contributed by atoms with Gasteiger partial charge < -0.3 is 20.9 Å². The first-order valence-electron chi connectivity index (χ1n) is 9.45. The smallest absolute Gasteiger partial charge is 0.225 e. The van der Waals surface area contributed by atoms with Crippen LogP contribution < -0.4 is 16.0 Å². The molecule has 0 radical (unpaired) electrons. The van der Waals surface area contributed by atoms with Gasteiger partial charge in [0.15, 0.2) is 0 Å². The lowest BCUT2D eigenvalue weighted by atomic mass is 10.00. The molecule has 8 nitrogen and oxygen atoms in total. The molecule has 2 heterocycles. The summed E-state index contributed by atoms with van der Waals surface area (Å²) in [4.78, 5) is 36.7. The third-order valence-electron chi connectivity index (χ3n) is 5.29. The van der Waals surface area contributed by atoms with E-state index in [1.807, 2.05) is 4.90 Å². The highest BCUT2D eigenvalue weighted by Gasteiger charge is 2.26. The van der Waals surface area contributed by atoms with Crippen molar-refractivity contribution in [3.8, 4) is 0 Å². The van der Waals surface area contributed by atoms with Crippen LogP contribution >= 0.6 is 24.8 Å². The molecule has 0 aromatic carbocycles. The SMILES string of the molecule is Cl.Cl.N[C@@H]1CCC[C@H]1CC(=O)NCCC(=O)N1CCN(c2ncccn2)CC1. The average molecular weight is 433 g/mol. The lowest BCUT2D eigenvalue weighted by Gasteiger charge is -2.34. The van der Waals surface area contributed by atoms with E-state index in [1.54, 1.807) is 18.5 Å². The molecule has 1 aromatic heterocycles. The number of nitrogens with two attached hydrogens (primary N) is 1. The molecule has 3 rings (SSSR count). The molecule has 3 N–H and O–H groups in total. The van der Waals surface area contributed by atoms with Crippen LogP contribution in [0.4, 0.5) is 5.95 Å². The Balaban J connectivity index is 0.00000196. The Morgan fingerprint density at radius 1 is 1.11 bits per heavy atom. The minimum absolute atomic E-state index is 0. The molecule has 0 spiro atoms. The van der Waals surface area contributed by atoms with Crippen molar-refractivity contribution in [3.63, 3.8) is 0 Å². The fraction of sp³-hybridized carbons (Fsp3) is 0.667. The quantitative estimate of drug-likeness (QED) is 0.694. The van der Waals surface area contributed by atoms with Crippen molar-refractivity contribution in [1.82, 2.24) is 20.2 Å². The van der Waals surface area contributed by atoms with Crippen molar-refractivity contribution in [3.05, 3.63) is 18.5 Å². The van der Waals surface area contributed by atoms with Gasteiger partial charge in [0.25, 0.3) is 0 Å². The Morgan fingerprint density at radius 3 is 2.39 bits per heavy atom. The molecule has 28 heavy (non-hydrogen) atoms. The lowest BCUT2D eigenvalue weighted by molar-refractivity contribution is -0.131. The van der Waals surface area contributed by atoms with Gasteiger partial charge in [-0.1, -0.05) is 6.42 Å². The van der Waals surface area contributed by atoms with Crippen molar-refractivity contribution in [2.45, 2.75) is 38.1 Å². The van der Waals surface area contributed by atoms with Crippen LogP contribution in [-0.2, 0) is 9.59 Å². The number of halogens is 2. The number of carbonyl (C=O) groups is 2. The summed E-state index contributed by atoms with van der Waals surface area (Å²) in [5.41, 5.74) is 6.00. The molecule has 2 amide bonds. The van der Waals surface area contributed by atoms with Gasteiger partial charge in [-0.05, 0) is 24.8 Å². The molecular formula is C18H30Cl2N6O2. The molecule has 1 aromatic rings.